The maximum Gasteiger partial charge on any atom is 0.436 e. The Bertz CT molecular complexity index is 233. The minimum atomic E-state index is -0.570. The lowest BCUT2D eigenvalue weighted by molar-refractivity contribution is 0.0798. The summed E-state index contributed by atoms with van der Waals surface area (Å²) >= 11 is 0. The Hall–Kier alpha value is -1.06. The van der Waals surface area contributed by atoms with Crippen LogP contribution in [0.25, 0.3) is 0 Å². The second kappa shape index (κ2) is 2.77. The third-order valence-corrected chi connectivity index (χ3v) is 2.33. The summed E-state index contributed by atoms with van der Waals surface area (Å²) in [6, 6.07) is 0. The molecule has 1 aliphatic heterocycles. The number of amidine groups is 1. The van der Waals surface area contributed by atoms with E-state index in [9.17, 15) is 4.79 Å². The Kier molecular flexibility index (Phi) is 2.08. The normalized spacial score (nSPS) is 23.8. The third kappa shape index (κ3) is 1.42. The maximum atomic E-state index is 10.7. The first kappa shape index (κ1) is 9.03. The first-order valence-corrected chi connectivity index (χ1v) is 4.02. The number of aliphatic imine (C=N–C) groups is 1. The van der Waals surface area contributed by atoms with E-state index in [1.54, 1.807) is 0 Å². The molecule has 4 heteroatoms. The van der Waals surface area contributed by atoms with E-state index in [2.05, 4.69) is 4.99 Å². The molecule has 1 unspecified atom stereocenters. The average Bonchev–Trinajstić information content (AvgIpc) is 2.31. The third-order valence-electron chi connectivity index (χ3n) is 2.33. The second-order valence-electron chi connectivity index (χ2n) is 3.64. The zero-order valence-electron chi connectivity index (χ0n) is 7.63. The molecule has 2 N–H and O–H groups in total. The summed E-state index contributed by atoms with van der Waals surface area (Å²) in [5.41, 5.74) is 5.41. The highest BCUT2D eigenvalue weighted by atomic mass is 16.6. The van der Waals surface area contributed by atoms with Gasteiger partial charge in [-0.3, -0.25) is 0 Å². The fourth-order valence-electron chi connectivity index (χ4n) is 1.10. The number of hydrogen-bond acceptors (Lipinski definition) is 3. The van der Waals surface area contributed by atoms with Gasteiger partial charge in [0.15, 0.2) is 6.10 Å². The molecule has 0 fully saturated rings. The van der Waals surface area contributed by atoms with E-state index in [1.807, 2.05) is 20.8 Å². The highest BCUT2D eigenvalue weighted by Gasteiger charge is 2.38. The molecule has 68 valence electrons. The summed E-state index contributed by atoms with van der Waals surface area (Å²) in [5, 5.41) is 0. The van der Waals surface area contributed by atoms with Gasteiger partial charge in [-0.2, -0.15) is 4.99 Å². The van der Waals surface area contributed by atoms with Crippen LogP contribution in [0.1, 0.15) is 27.2 Å². The largest absolute Gasteiger partial charge is 0.436 e. The molecule has 4 nitrogen and oxygen atoms in total. The number of carbonyl (C=O) groups is 1. The van der Waals surface area contributed by atoms with E-state index < -0.39 is 6.09 Å². The Morgan fingerprint density at radius 2 is 2.25 bits per heavy atom. The summed E-state index contributed by atoms with van der Waals surface area (Å²) in [4.78, 5) is 14.3. The first-order valence-electron chi connectivity index (χ1n) is 4.02. The molecular weight excluding hydrogens is 156 g/mol. The van der Waals surface area contributed by atoms with Crippen molar-refractivity contribution in [3.63, 3.8) is 0 Å². The molecule has 0 spiro atoms. The lowest BCUT2D eigenvalue weighted by Crippen LogP contribution is -2.39. The Morgan fingerprint density at radius 3 is 2.58 bits per heavy atom. The van der Waals surface area contributed by atoms with Crippen LogP contribution in [0.5, 0.6) is 0 Å². The van der Waals surface area contributed by atoms with Gasteiger partial charge in [-0.15, -0.1) is 0 Å². The molecule has 0 saturated carbocycles. The number of rotatable bonds is 2. The van der Waals surface area contributed by atoms with Gasteiger partial charge in [0.2, 0.25) is 0 Å². The van der Waals surface area contributed by atoms with E-state index in [-0.39, 0.29) is 11.5 Å². The van der Waals surface area contributed by atoms with Crippen LogP contribution in [0, 0.1) is 5.41 Å². The fraction of sp³-hybridized carbons (Fsp3) is 0.750. The summed E-state index contributed by atoms with van der Waals surface area (Å²) < 4.78 is 4.96. The maximum absolute atomic E-state index is 10.7. The zero-order valence-corrected chi connectivity index (χ0v) is 7.63. The summed E-state index contributed by atoms with van der Waals surface area (Å²) in [6.07, 6.45) is -0.0322. The molecule has 0 aromatic carbocycles. The topological polar surface area (TPSA) is 64.7 Å². The molecule has 0 radical (unpaired) electrons. The standard InChI is InChI=1S/C8H14N2O2/c1-4-8(2,3)5-6(9)10-7(11)12-5/h5H,4H2,1-3H3,(H2,9,10,11). The lowest BCUT2D eigenvalue weighted by atomic mass is 9.83. The average molecular weight is 170 g/mol. The van der Waals surface area contributed by atoms with Gasteiger partial charge in [-0.1, -0.05) is 20.8 Å². The van der Waals surface area contributed by atoms with Crippen molar-refractivity contribution in [3.05, 3.63) is 0 Å². The second-order valence-corrected chi connectivity index (χ2v) is 3.64. The van der Waals surface area contributed by atoms with Crippen molar-refractivity contribution < 1.29 is 9.53 Å². The Morgan fingerprint density at radius 1 is 1.67 bits per heavy atom. The van der Waals surface area contributed by atoms with Crippen LogP contribution in [0.4, 0.5) is 4.79 Å². The van der Waals surface area contributed by atoms with E-state index in [4.69, 9.17) is 10.5 Å². The minimum Gasteiger partial charge on any atom is -0.436 e. The molecule has 1 atom stereocenters. The van der Waals surface area contributed by atoms with Gasteiger partial charge in [0, 0.05) is 5.41 Å². The molecule has 0 aromatic heterocycles. The summed E-state index contributed by atoms with van der Waals surface area (Å²) in [6.45, 7) is 6.02. The van der Waals surface area contributed by atoms with Gasteiger partial charge >= 0.3 is 6.09 Å². The van der Waals surface area contributed by atoms with E-state index in [1.165, 1.54) is 0 Å². The van der Waals surface area contributed by atoms with Crippen molar-refractivity contribution in [2.24, 2.45) is 16.1 Å². The van der Waals surface area contributed by atoms with E-state index in [0.29, 0.717) is 5.84 Å². The van der Waals surface area contributed by atoms with Gasteiger partial charge in [0.05, 0.1) is 0 Å². The van der Waals surface area contributed by atoms with Crippen LogP contribution in [0.15, 0.2) is 4.99 Å². The van der Waals surface area contributed by atoms with Gasteiger partial charge in [0.25, 0.3) is 0 Å². The monoisotopic (exact) mass is 170 g/mol. The van der Waals surface area contributed by atoms with Crippen molar-refractivity contribution in [2.45, 2.75) is 33.3 Å². The Balaban J connectivity index is 2.80. The number of amides is 1. The molecule has 0 aliphatic carbocycles. The number of hydrogen-bond donors (Lipinski definition) is 1. The SMILES string of the molecule is CCC(C)(C)C1OC(=O)N=C1N. The molecule has 0 saturated heterocycles. The smallest absolute Gasteiger partial charge is 0.436 e. The molecule has 1 heterocycles. The van der Waals surface area contributed by atoms with Crippen molar-refractivity contribution in [3.8, 4) is 0 Å². The van der Waals surface area contributed by atoms with E-state index >= 15 is 0 Å². The van der Waals surface area contributed by atoms with Gasteiger partial charge in [0.1, 0.15) is 5.84 Å². The van der Waals surface area contributed by atoms with Crippen LogP contribution in [-0.4, -0.2) is 18.0 Å². The molecule has 0 bridgehead atoms. The van der Waals surface area contributed by atoms with Crippen LogP contribution in [0.3, 0.4) is 0 Å². The fourth-order valence-corrected chi connectivity index (χ4v) is 1.10. The predicted octanol–water partition coefficient (Wildman–Crippen LogP) is 1.30. The highest BCUT2D eigenvalue weighted by molar-refractivity contribution is 5.99. The van der Waals surface area contributed by atoms with Crippen LogP contribution >= 0.6 is 0 Å². The number of carbonyl (C=O) groups excluding carboxylic acids is 1. The van der Waals surface area contributed by atoms with Gasteiger partial charge < -0.3 is 10.5 Å². The van der Waals surface area contributed by atoms with Crippen molar-refractivity contribution in [1.82, 2.24) is 0 Å². The molecular formula is C8H14N2O2. The van der Waals surface area contributed by atoms with Crippen LogP contribution in [0.2, 0.25) is 0 Å². The Labute approximate surface area is 71.8 Å². The van der Waals surface area contributed by atoms with Crippen molar-refractivity contribution in [1.29, 1.82) is 0 Å². The molecule has 12 heavy (non-hydrogen) atoms. The summed E-state index contributed by atoms with van der Waals surface area (Å²) in [7, 11) is 0. The zero-order chi connectivity index (χ0) is 9.35. The van der Waals surface area contributed by atoms with Crippen LogP contribution < -0.4 is 5.73 Å². The first-order chi connectivity index (χ1) is 5.47. The van der Waals surface area contributed by atoms with Crippen molar-refractivity contribution >= 4 is 11.9 Å². The minimum absolute atomic E-state index is 0.125. The lowest BCUT2D eigenvalue weighted by Gasteiger charge is -2.28. The number of nitrogens with zero attached hydrogens (tertiary/aromatic N) is 1. The number of cyclic esters (lactones) is 1. The van der Waals surface area contributed by atoms with Crippen LogP contribution in [-0.2, 0) is 4.74 Å². The van der Waals surface area contributed by atoms with Crippen molar-refractivity contribution in [2.75, 3.05) is 0 Å². The molecule has 0 aromatic rings. The molecule has 1 rings (SSSR count). The predicted molar refractivity (Wildman–Crippen MR) is 46.0 cm³/mol. The van der Waals surface area contributed by atoms with Gasteiger partial charge in [-0.25, -0.2) is 4.79 Å². The summed E-state index contributed by atoms with van der Waals surface area (Å²) in [5.74, 6) is 0.298. The number of ether oxygens (including phenoxy) is 1. The quantitative estimate of drug-likeness (QED) is 0.679. The number of nitrogens with two attached hydrogens (primary N) is 1. The van der Waals surface area contributed by atoms with E-state index in [0.717, 1.165) is 6.42 Å². The van der Waals surface area contributed by atoms with Gasteiger partial charge in [-0.05, 0) is 6.42 Å². The highest BCUT2D eigenvalue weighted by Crippen LogP contribution is 2.29. The molecule has 1 aliphatic rings. The molecule has 1 amide bonds.